The van der Waals surface area contributed by atoms with Crippen molar-refractivity contribution in [1.82, 2.24) is 24.2 Å². The summed E-state index contributed by atoms with van der Waals surface area (Å²) < 4.78 is 28.8. The minimum Gasteiger partial charge on any atom is -0.369 e. The molecular weight excluding hydrogens is 376 g/mol. The van der Waals surface area contributed by atoms with Crippen molar-refractivity contribution < 1.29 is 8.42 Å². The number of rotatable bonds is 7. The molecule has 2 aromatic heterocycles. The summed E-state index contributed by atoms with van der Waals surface area (Å²) in [6, 6.07) is 7.87. The van der Waals surface area contributed by atoms with Gasteiger partial charge in [-0.15, -0.1) is 0 Å². The van der Waals surface area contributed by atoms with Crippen molar-refractivity contribution in [1.29, 1.82) is 0 Å². The lowest BCUT2D eigenvalue weighted by Crippen LogP contribution is -2.29. The first kappa shape index (κ1) is 18.3. The van der Waals surface area contributed by atoms with Crippen LogP contribution in [0.15, 0.2) is 53.9 Å². The van der Waals surface area contributed by atoms with Gasteiger partial charge in [0.2, 0.25) is 10.0 Å². The molecule has 0 radical (unpaired) electrons. The molecule has 0 aliphatic rings. The van der Waals surface area contributed by atoms with Crippen LogP contribution >= 0.6 is 11.6 Å². The van der Waals surface area contributed by atoms with Gasteiger partial charge >= 0.3 is 0 Å². The van der Waals surface area contributed by atoms with E-state index in [1.165, 1.54) is 18.5 Å². The van der Waals surface area contributed by atoms with Crippen LogP contribution in [0.25, 0.3) is 5.82 Å². The van der Waals surface area contributed by atoms with Gasteiger partial charge in [0.1, 0.15) is 23.8 Å². The third kappa shape index (κ3) is 4.37. The smallest absolute Gasteiger partial charge is 0.240 e. The molecule has 0 fully saturated rings. The Hall–Kier alpha value is -2.49. The van der Waals surface area contributed by atoms with Crippen LogP contribution in [0.2, 0.25) is 5.02 Å². The van der Waals surface area contributed by atoms with E-state index in [0.29, 0.717) is 23.2 Å². The van der Waals surface area contributed by atoms with Gasteiger partial charge in [-0.3, -0.25) is 4.57 Å². The molecule has 2 N–H and O–H groups in total. The van der Waals surface area contributed by atoms with E-state index in [9.17, 15) is 8.42 Å². The minimum absolute atomic E-state index is 0.130. The van der Waals surface area contributed by atoms with E-state index in [1.54, 1.807) is 30.6 Å². The SMILES string of the molecule is Cc1nccn1-c1cc(NCCNS(=O)(=O)c2cccc(Cl)c2)ncn1. The second-order valence-electron chi connectivity index (χ2n) is 5.39. The van der Waals surface area contributed by atoms with E-state index in [1.807, 2.05) is 11.5 Å². The van der Waals surface area contributed by atoms with Crippen LogP contribution < -0.4 is 10.0 Å². The van der Waals surface area contributed by atoms with Crippen LogP contribution in [0.3, 0.4) is 0 Å². The van der Waals surface area contributed by atoms with Crippen molar-refractivity contribution in [3.8, 4) is 5.82 Å². The number of imidazole rings is 1. The lowest BCUT2D eigenvalue weighted by Gasteiger charge is -2.10. The van der Waals surface area contributed by atoms with E-state index < -0.39 is 10.0 Å². The molecule has 26 heavy (non-hydrogen) atoms. The predicted molar refractivity (Wildman–Crippen MR) is 99.0 cm³/mol. The van der Waals surface area contributed by atoms with E-state index in [0.717, 1.165) is 5.82 Å². The van der Waals surface area contributed by atoms with Crippen molar-refractivity contribution in [2.45, 2.75) is 11.8 Å². The predicted octanol–water partition coefficient (Wildman–Crippen LogP) is 2.01. The molecule has 3 aromatic rings. The molecule has 0 spiro atoms. The first-order valence-corrected chi connectivity index (χ1v) is 9.63. The lowest BCUT2D eigenvalue weighted by molar-refractivity contribution is 0.583. The summed E-state index contributed by atoms with van der Waals surface area (Å²) in [6.07, 6.45) is 4.93. The molecule has 0 saturated heterocycles. The zero-order valence-electron chi connectivity index (χ0n) is 13.9. The van der Waals surface area contributed by atoms with Gasteiger partial charge in [0.15, 0.2) is 0 Å². The third-order valence-electron chi connectivity index (χ3n) is 3.55. The van der Waals surface area contributed by atoms with Gasteiger partial charge in [0, 0.05) is 36.6 Å². The van der Waals surface area contributed by atoms with Gasteiger partial charge in [0.25, 0.3) is 0 Å². The van der Waals surface area contributed by atoms with Crippen LogP contribution in [0.5, 0.6) is 0 Å². The molecule has 0 saturated carbocycles. The standard InChI is InChI=1S/C16H17ClN6O2S/c1-12-18-7-8-23(12)16-10-15(20-11-21-16)19-5-6-22-26(24,25)14-4-2-3-13(17)9-14/h2-4,7-11,22H,5-6H2,1H3,(H,19,20,21). The van der Waals surface area contributed by atoms with Gasteiger partial charge in [-0.05, 0) is 25.1 Å². The molecule has 0 amide bonds. The molecule has 0 unspecified atom stereocenters. The molecule has 0 atom stereocenters. The molecule has 136 valence electrons. The summed E-state index contributed by atoms with van der Waals surface area (Å²) in [5.74, 6) is 2.07. The molecule has 8 nitrogen and oxygen atoms in total. The molecule has 1 aromatic carbocycles. The third-order valence-corrected chi connectivity index (χ3v) is 5.25. The van der Waals surface area contributed by atoms with Crippen molar-refractivity contribution in [3.05, 3.63) is 59.9 Å². The quantitative estimate of drug-likeness (QED) is 0.596. The zero-order chi connectivity index (χ0) is 18.6. The largest absolute Gasteiger partial charge is 0.369 e. The number of hydrogen-bond acceptors (Lipinski definition) is 6. The highest BCUT2D eigenvalue weighted by Gasteiger charge is 2.13. The van der Waals surface area contributed by atoms with Crippen molar-refractivity contribution in [2.75, 3.05) is 18.4 Å². The number of halogens is 1. The number of aryl methyl sites for hydroxylation is 1. The Labute approximate surface area is 156 Å². The molecule has 0 aliphatic carbocycles. The molecular formula is C16H17ClN6O2S. The van der Waals surface area contributed by atoms with Crippen LogP contribution in [-0.2, 0) is 10.0 Å². The fourth-order valence-electron chi connectivity index (χ4n) is 2.29. The first-order valence-electron chi connectivity index (χ1n) is 7.77. The van der Waals surface area contributed by atoms with Crippen molar-refractivity contribution in [2.24, 2.45) is 0 Å². The Balaban J connectivity index is 1.58. The first-order chi connectivity index (χ1) is 12.5. The van der Waals surface area contributed by atoms with Gasteiger partial charge in [-0.2, -0.15) is 0 Å². The van der Waals surface area contributed by atoms with E-state index in [-0.39, 0.29) is 11.4 Å². The average molecular weight is 393 g/mol. The molecule has 0 bridgehead atoms. The highest BCUT2D eigenvalue weighted by molar-refractivity contribution is 7.89. The number of aromatic nitrogens is 4. The molecule has 10 heteroatoms. The van der Waals surface area contributed by atoms with Gasteiger partial charge in [0.05, 0.1) is 4.90 Å². The van der Waals surface area contributed by atoms with E-state index >= 15 is 0 Å². The number of nitrogens with one attached hydrogen (secondary N) is 2. The summed E-state index contributed by atoms with van der Waals surface area (Å²) in [5, 5.41) is 3.43. The Kier molecular flexibility index (Phi) is 5.50. The van der Waals surface area contributed by atoms with Crippen LogP contribution in [0, 0.1) is 6.92 Å². The average Bonchev–Trinajstić information content (AvgIpc) is 3.05. The normalized spacial score (nSPS) is 11.5. The monoisotopic (exact) mass is 392 g/mol. The maximum Gasteiger partial charge on any atom is 0.240 e. The summed E-state index contributed by atoms with van der Waals surface area (Å²) in [6.45, 7) is 2.43. The number of anilines is 1. The Bertz CT molecular complexity index is 1010. The van der Waals surface area contributed by atoms with Gasteiger partial charge < -0.3 is 5.32 Å². The Morgan fingerprint density at radius 1 is 1.15 bits per heavy atom. The number of benzene rings is 1. The fourth-order valence-corrected chi connectivity index (χ4v) is 3.62. The van der Waals surface area contributed by atoms with Crippen LogP contribution in [-0.4, -0.2) is 41.0 Å². The van der Waals surface area contributed by atoms with E-state index in [4.69, 9.17) is 11.6 Å². The van der Waals surface area contributed by atoms with Gasteiger partial charge in [-0.25, -0.2) is 28.1 Å². The number of hydrogen-bond donors (Lipinski definition) is 2. The Morgan fingerprint density at radius 3 is 2.73 bits per heavy atom. The van der Waals surface area contributed by atoms with Crippen molar-refractivity contribution >= 4 is 27.4 Å². The fraction of sp³-hybridized carbons (Fsp3) is 0.188. The highest BCUT2D eigenvalue weighted by Crippen LogP contribution is 2.15. The zero-order valence-corrected chi connectivity index (χ0v) is 15.5. The molecule has 2 heterocycles. The van der Waals surface area contributed by atoms with Crippen LogP contribution in [0.1, 0.15) is 5.82 Å². The second kappa shape index (κ2) is 7.81. The lowest BCUT2D eigenvalue weighted by atomic mass is 10.4. The number of sulfonamides is 1. The maximum atomic E-state index is 12.2. The van der Waals surface area contributed by atoms with E-state index in [2.05, 4.69) is 25.0 Å². The second-order valence-corrected chi connectivity index (χ2v) is 7.59. The summed E-state index contributed by atoms with van der Waals surface area (Å²) in [5.41, 5.74) is 0. The molecule has 0 aliphatic heterocycles. The highest BCUT2D eigenvalue weighted by atomic mass is 35.5. The summed E-state index contributed by atoms with van der Waals surface area (Å²) in [7, 11) is -3.61. The van der Waals surface area contributed by atoms with Crippen molar-refractivity contribution in [3.63, 3.8) is 0 Å². The van der Waals surface area contributed by atoms with Crippen LogP contribution in [0.4, 0.5) is 5.82 Å². The molecule has 3 rings (SSSR count). The summed E-state index contributed by atoms with van der Waals surface area (Å²) in [4.78, 5) is 12.6. The minimum atomic E-state index is -3.61. The maximum absolute atomic E-state index is 12.2. The topological polar surface area (TPSA) is 102 Å². The van der Waals surface area contributed by atoms with Gasteiger partial charge in [-0.1, -0.05) is 17.7 Å². The Morgan fingerprint density at radius 2 is 2.00 bits per heavy atom. The number of nitrogens with zero attached hydrogens (tertiary/aromatic N) is 4. The summed E-state index contributed by atoms with van der Waals surface area (Å²) >= 11 is 5.84.